The fraction of sp³-hybridized carbons (Fsp3) is 0.760. The van der Waals surface area contributed by atoms with Crippen LogP contribution in [0.3, 0.4) is 0 Å². The number of hydrogen-bond donors (Lipinski definition) is 1. The molecule has 4 fully saturated rings. The van der Waals surface area contributed by atoms with Crippen LogP contribution >= 0.6 is 15.9 Å². The largest absolute Gasteiger partial charge is 0.458 e. The fourth-order valence-electron chi connectivity index (χ4n) is 7.99. The van der Waals surface area contributed by atoms with Gasteiger partial charge in [0.25, 0.3) is 0 Å². The van der Waals surface area contributed by atoms with Crippen molar-refractivity contribution in [1.29, 1.82) is 0 Å². The minimum absolute atomic E-state index is 0.0102. The number of ketones is 1. The molecule has 4 rings (SSSR count). The van der Waals surface area contributed by atoms with E-state index in [2.05, 4.69) is 42.9 Å². The molecular weight excluding hydrogens is 463 g/mol. The number of alkyl halides is 2. The van der Waals surface area contributed by atoms with Gasteiger partial charge in [-0.05, 0) is 78.3 Å². The van der Waals surface area contributed by atoms with E-state index in [1.807, 2.05) is 0 Å². The van der Waals surface area contributed by atoms with Crippen LogP contribution in [0.15, 0.2) is 24.3 Å². The van der Waals surface area contributed by atoms with Gasteiger partial charge in [-0.3, -0.25) is 9.59 Å². The van der Waals surface area contributed by atoms with Gasteiger partial charge in [-0.1, -0.05) is 42.9 Å². The van der Waals surface area contributed by atoms with Gasteiger partial charge in [-0.2, -0.15) is 0 Å². The fourth-order valence-corrected chi connectivity index (χ4v) is 9.04. The number of allylic oxidation sites excluding steroid dienone is 2. The summed E-state index contributed by atoms with van der Waals surface area (Å²) in [4.78, 5) is 24.3. The van der Waals surface area contributed by atoms with Gasteiger partial charge in [0.2, 0.25) is 0 Å². The zero-order valence-electron chi connectivity index (χ0n) is 18.8. The highest BCUT2D eigenvalue weighted by Crippen LogP contribution is 2.71. The second-order valence-electron chi connectivity index (χ2n) is 10.9. The van der Waals surface area contributed by atoms with Crippen molar-refractivity contribution in [3.8, 4) is 0 Å². The van der Waals surface area contributed by atoms with Gasteiger partial charge in [0.05, 0.1) is 16.3 Å². The maximum atomic E-state index is 15.8. The summed E-state index contributed by atoms with van der Waals surface area (Å²) in [5.41, 5.74) is 0.938. The highest BCUT2D eigenvalue weighted by Gasteiger charge is 2.69. The first-order valence-electron chi connectivity index (χ1n) is 11.4. The van der Waals surface area contributed by atoms with Crippen molar-refractivity contribution in [2.75, 3.05) is 6.61 Å². The standard InChI is InChI=1S/C25H34BrFO4/c1-13-14(2)22(19(30)12-31-15(3)28)23(4)8-7-18-17(21(13)23)10-20(27)25(26)11-16(29)6-9-24(18,25)5/h16-18,20-22,29H,1-2,6-12H2,3-5H3/t16?,17-,18+,20?,21+,22-,23+,24-,25?/m1/s1. The number of aliphatic hydroxyl groups excluding tert-OH is 1. The molecule has 6 heteroatoms. The number of Topliss-reactive ketones (excluding diaryl/α,β-unsaturated/α-hetero) is 1. The van der Waals surface area contributed by atoms with Gasteiger partial charge in [0.1, 0.15) is 6.17 Å². The highest BCUT2D eigenvalue weighted by molar-refractivity contribution is 9.10. The van der Waals surface area contributed by atoms with Gasteiger partial charge < -0.3 is 9.84 Å². The van der Waals surface area contributed by atoms with E-state index in [1.54, 1.807) is 0 Å². The Hall–Kier alpha value is -1.01. The van der Waals surface area contributed by atoms with E-state index in [0.29, 0.717) is 19.3 Å². The van der Waals surface area contributed by atoms with Crippen LogP contribution < -0.4 is 0 Å². The summed E-state index contributed by atoms with van der Waals surface area (Å²) in [5.74, 6) is -0.704. The minimum Gasteiger partial charge on any atom is -0.458 e. The molecule has 0 aromatic heterocycles. The quantitative estimate of drug-likeness (QED) is 0.444. The number of ether oxygens (including phenoxy) is 1. The molecule has 9 atom stereocenters. The summed E-state index contributed by atoms with van der Waals surface area (Å²) in [5, 5.41) is 10.3. The smallest absolute Gasteiger partial charge is 0.303 e. The molecule has 0 saturated heterocycles. The van der Waals surface area contributed by atoms with Crippen LogP contribution in [0.4, 0.5) is 4.39 Å². The maximum Gasteiger partial charge on any atom is 0.303 e. The summed E-state index contributed by atoms with van der Waals surface area (Å²) in [6.45, 7) is 13.9. The van der Waals surface area contributed by atoms with Gasteiger partial charge in [0.15, 0.2) is 12.4 Å². The monoisotopic (exact) mass is 496 g/mol. The molecule has 1 N–H and O–H groups in total. The molecule has 0 radical (unpaired) electrons. The summed E-state index contributed by atoms with van der Waals surface area (Å²) < 4.78 is 20.1. The number of carbonyl (C=O) groups is 2. The van der Waals surface area contributed by atoms with Crippen molar-refractivity contribution in [2.24, 2.45) is 34.5 Å². The number of rotatable bonds is 3. The Kier molecular flexibility index (Phi) is 5.61. The first kappa shape index (κ1) is 23.2. The topological polar surface area (TPSA) is 63.6 Å². The van der Waals surface area contributed by atoms with Gasteiger partial charge in [0, 0.05) is 6.92 Å². The van der Waals surface area contributed by atoms with Gasteiger partial charge >= 0.3 is 5.97 Å². The van der Waals surface area contributed by atoms with Crippen LogP contribution in [0.25, 0.3) is 0 Å². The lowest BCUT2D eigenvalue weighted by atomic mass is 9.44. The minimum atomic E-state index is -1.08. The second kappa shape index (κ2) is 7.51. The number of halogens is 2. The van der Waals surface area contributed by atoms with Crippen molar-refractivity contribution in [3.63, 3.8) is 0 Å². The number of esters is 1. The van der Waals surface area contributed by atoms with E-state index < -0.39 is 28.5 Å². The van der Waals surface area contributed by atoms with E-state index >= 15 is 4.39 Å². The number of hydrogen-bond acceptors (Lipinski definition) is 4. The van der Waals surface area contributed by atoms with Crippen molar-refractivity contribution < 1.29 is 23.8 Å². The lowest BCUT2D eigenvalue weighted by Gasteiger charge is -2.64. The molecule has 0 spiro atoms. The predicted octanol–water partition coefficient (Wildman–Crippen LogP) is 4.94. The third kappa shape index (κ3) is 3.14. The number of carbonyl (C=O) groups excluding carboxylic acids is 2. The molecule has 172 valence electrons. The van der Waals surface area contributed by atoms with Crippen LogP contribution in [0.1, 0.15) is 59.3 Å². The van der Waals surface area contributed by atoms with Crippen LogP contribution in [-0.4, -0.2) is 40.1 Å². The van der Waals surface area contributed by atoms with Gasteiger partial charge in [-0.25, -0.2) is 4.39 Å². The average Bonchev–Trinajstić information content (AvgIpc) is 2.88. The molecule has 4 nitrogen and oxygen atoms in total. The molecule has 4 aliphatic rings. The zero-order valence-corrected chi connectivity index (χ0v) is 20.3. The van der Waals surface area contributed by atoms with E-state index in [4.69, 9.17) is 4.74 Å². The van der Waals surface area contributed by atoms with Crippen molar-refractivity contribution >= 4 is 27.7 Å². The van der Waals surface area contributed by atoms with E-state index in [-0.39, 0.29) is 41.0 Å². The number of fused-ring (bicyclic) bond motifs is 5. The molecule has 0 aromatic rings. The predicted molar refractivity (Wildman–Crippen MR) is 120 cm³/mol. The van der Waals surface area contributed by atoms with Crippen LogP contribution in [0.5, 0.6) is 0 Å². The molecule has 0 amide bonds. The maximum absolute atomic E-state index is 15.8. The summed E-state index contributed by atoms with van der Waals surface area (Å²) in [7, 11) is 0. The van der Waals surface area contributed by atoms with Gasteiger partial charge in [-0.15, -0.1) is 0 Å². The molecule has 0 aliphatic heterocycles. The van der Waals surface area contributed by atoms with Crippen molar-refractivity contribution in [2.45, 2.75) is 75.9 Å². The molecule has 31 heavy (non-hydrogen) atoms. The zero-order chi connectivity index (χ0) is 22.9. The van der Waals surface area contributed by atoms with Crippen LogP contribution in [-0.2, 0) is 14.3 Å². The Morgan fingerprint density at radius 2 is 1.90 bits per heavy atom. The molecule has 4 saturated carbocycles. The third-order valence-corrected chi connectivity index (χ3v) is 11.2. The molecule has 4 aliphatic carbocycles. The van der Waals surface area contributed by atoms with Crippen LogP contribution in [0.2, 0.25) is 0 Å². The molecule has 0 aromatic carbocycles. The summed E-state index contributed by atoms with van der Waals surface area (Å²) >= 11 is 3.80. The number of aliphatic hydroxyl groups is 1. The van der Waals surface area contributed by atoms with Crippen molar-refractivity contribution in [3.05, 3.63) is 24.3 Å². The third-order valence-electron chi connectivity index (χ3n) is 9.46. The first-order chi connectivity index (χ1) is 14.4. The first-order valence-corrected chi connectivity index (χ1v) is 12.2. The summed E-state index contributed by atoms with van der Waals surface area (Å²) in [6, 6.07) is 0. The highest BCUT2D eigenvalue weighted by atomic mass is 79.9. The van der Waals surface area contributed by atoms with Crippen molar-refractivity contribution in [1.82, 2.24) is 0 Å². The molecule has 0 bridgehead atoms. The Labute approximate surface area is 192 Å². The SMILES string of the molecule is C=C1C(=C)[C@H]2[C@@H]3CC(F)C4(Br)CC(O)CC[C@]4(C)[C@H]3CC[C@]2(C)[C@H]1C(=O)COC(C)=O. The average molecular weight is 497 g/mol. The Morgan fingerprint density at radius 3 is 2.55 bits per heavy atom. The molecule has 3 unspecified atom stereocenters. The van der Waals surface area contributed by atoms with E-state index in [0.717, 1.165) is 30.4 Å². The lowest BCUT2D eigenvalue weighted by molar-refractivity contribution is -0.151. The Morgan fingerprint density at radius 1 is 1.23 bits per heavy atom. The Balaban J connectivity index is 1.69. The van der Waals surface area contributed by atoms with Crippen LogP contribution in [0, 0.1) is 34.5 Å². The molecular formula is C25H34BrFO4. The Bertz CT molecular complexity index is 841. The molecule has 0 heterocycles. The van der Waals surface area contributed by atoms with E-state index in [1.165, 1.54) is 6.92 Å². The normalized spacial score (nSPS) is 49.1. The lowest BCUT2D eigenvalue weighted by Crippen LogP contribution is -2.65. The van der Waals surface area contributed by atoms with E-state index in [9.17, 15) is 14.7 Å². The summed E-state index contributed by atoms with van der Waals surface area (Å²) in [6.07, 6.45) is 2.50. The second-order valence-corrected chi connectivity index (χ2v) is 12.3.